The van der Waals surface area contributed by atoms with Gasteiger partial charge in [0.1, 0.15) is 0 Å². The molecule has 0 N–H and O–H groups in total. The van der Waals surface area contributed by atoms with Gasteiger partial charge in [-0.1, -0.05) is 6.92 Å². The summed E-state index contributed by atoms with van der Waals surface area (Å²) in [5, 5.41) is 0. The van der Waals surface area contributed by atoms with Crippen molar-refractivity contribution in [1.82, 2.24) is 4.67 Å². The minimum absolute atomic E-state index is 1.09. The van der Waals surface area contributed by atoms with Crippen LogP contribution >= 0.6 is 20.5 Å². The Labute approximate surface area is 57.0 Å². The SMILES string of the molecule is CCN1CCSCP1. The lowest BCUT2D eigenvalue weighted by atomic mass is 10.7. The highest BCUT2D eigenvalue weighted by Crippen LogP contribution is 2.28. The van der Waals surface area contributed by atoms with Gasteiger partial charge in [0, 0.05) is 17.8 Å². The quantitative estimate of drug-likeness (QED) is 0.521. The first-order chi connectivity index (χ1) is 3.93. The van der Waals surface area contributed by atoms with E-state index in [1.54, 1.807) is 0 Å². The van der Waals surface area contributed by atoms with Gasteiger partial charge in [-0.05, 0) is 15.3 Å². The van der Waals surface area contributed by atoms with E-state index in [0.29, 0.717) is 0 Å². The Kier molecular flexibility index (Phi) is 3.18. The maximum Gasteiger partial charge on any atom is 0.0241 e. The Hall–Kier alpha value is 0.740. The van der Waals surface area contributed by atoms with E-state index < -0.39 is 0 Å². The van der Waals surface area contributed by atoms with Crippen LogP contribution in [-0.2, 0) is 0 Å². The minimum Gasteiger partial charge on any atom is -0.283 e. The van der Waals surface area contributed by atoms with Gasteiger partial charge in [-0.25, -0.2) is 0 Å². The average molecular weight is 149 g/mol. The highest BCUT2D eigenvalue weighted by atomic mass is 32.2. The molecule has 3 heteroatoms. The Balaban J connectivity index is 2.13. The summed E-state index contributed by atoms with van der Waals surface area (Å²) < 4.78 is 2.52. The Bertz CT molecular complexity index is 63.4. The third-order valence-electron chi connectivity index (χ3n) is 1.28. The molecule has 48 valence electrons. The monoisotopic (exact) mass is 149 g/mol. The van der Waals surface area contributed by atoms with Gasteiger partial charge in [-0.2, -0.15) is 11.8 Å². The molecule has 1 saturated heterocycles. The van der Waals surface area contributed by atoms with Crippen molar-refractivity contribution in [1.29, 1.82) is 0 Å². The molecule has 1 unspecified atom stereocenters. The van der Waals surface area contributed by atoms with Crippen LogP contribution in [0.5, 0.6) is 0 Å². The van der Waals surface area contributed by atoms with Crippen molar-refractivity contribution in [2.45, 2.75) is 6.92 Å². The van der Waals surface area contributed by atoms with Crippen molar-refractivity contribution >= 4 is 20.5 Å². The van der Waals surface area contributed by atoms with Crippen LogP contribution < -0.4 is 0 Å². The highest BCUT2D eigenvalue weighted by molar-refractivity contribution is 8.03. The van der Waals surface area contributed by atoms with Crippen LogP contribution in [-0.4, -0.2) is 29.0 Å². The van der Waals surface area contributed by atoms with E-state index in [4.69, 9.17) is 0 Å². The number of rotatable bonds is 1. The van der Waals surface area contributed by atoms with Crippen LogP contribution in [0.3, 0.4) is 0 Å². The van der Waals surface area contributed by atoms with Crippen LogP contribution in [0.1, 0.15) is 6.92 Å². The minimum atomic E-state index is 1.09. The van der Waals surface area contributed by atoms with Crippen LogP contribution in [0, 0.1) is 0 Å². The maximum atomic E-state index is 2.52. The first-order valence-electron chi connectivity index (χ1n) is 2.99. The number of thioether (sulfide) groups is 1. The van der Waals surface area contributed by atoms with E-state index >= 15 is 0 Å². The van der Waals surface area contributed by atoms with Gasteiger partial charge in [0.25, 0.3) is 0 Å². The summed E-state index contributed by atoms with van der Waals surface area (Å²) in [5.41, 5.74) is 1.37. The Morgan fingerprint density at radius 3 is 3.00 bits per heavy atom. The van der Waals surface area contributed by atoms with Crippen LogP contribution in [0.2, 0.25) is 0 Å². The molecule has 0 aliphatic carbocycles. The molecule has 8 heavy (non-hydrogen) atoms. The molecule has 0 saturated carbocycles. The molecule has 1 atom stereocenters. The summed E-state index contributed by atoms with van der Waals surface area (Å²) in [6.07, 6.45) is 0. The lowest BCUT2D eigenvalue weighted by molar-refractivity contribution is 0.518. The second-order valence-corrected chi connectivity index (χ2v) is 4.71. The Morgan fingerprint density at radius 1 is 1.75 bits per heavy atom. The predicted octanol–water partition coefficient (Wildman–Crippen LogP) is 1.61. The molecule has 0 radical (unpaired) electrons. The number of hydrogen-bond acceptors (Lipinski definition) is 2. The molecule has 0 bridgehead atoms. The van der Waals surface area contributed by atoms with Crippen molar-refractivity contribution in [2.24, 2.45) is 0 Å². The van der Waals surface area contributed by atoms with Gasteiger partial charge < -0.3 is 0 Å². The lowest BCUT2D eigenvalue weighted by Gasteiger charge is -2.23. The van der Waals surface area contributed by atoms with Crippen molar-refractivity contribution in [3.05, 3.63) is 0 Å². The van der Waals surface area contributed by atoms with Crippen LogP contribution in [0.15, 0.2) is 0 Å². The summed E-state index contributed by atoms with van der Waals surface area (Å²) in [6.45, 7) is 4.81. The van der Waals surface area contributed by atoms with E-state index in [2.05, 4.69) is 23.4 Å². The normalized spacial score (nSPS) is 26.6. The van der Waals surface area contributed by atoms with Gasteiger partial charge in [0.05, 0.1) is 0 Å². The van der Waals surface area contributed by atoms with Gasteiger partial charge >= 0.3 is 0 Å². The summed E-state index contributed by atoms with van der Waals surface area (Å²) in [5.74, 6) is 1.35. The molecular weight excluding hydrogens is 137 g/mol. The smallest absolute Gasteiger partial charge is 0.0241 e. The molecule has 0 aromatic carbocycles. The highest BCUT2D eigenvalue weighted by Gasteiger charge is 2.05. The van der Waals surface area contributed by atoms with Gasteiger partial charge in [-0.15, -0.1) is 0 Å². The molecule has 1 fully saturated rings. The van der Waals surface area contributed by atoms with Crippen molar-refractivity contribution < 1.29 is 0 Å². The Morgan fingerprint density at radius 2 is 2.62 bits per heavy atom. The zero-order valence-corrected chi connectivity index (χ0v) is 7.00. The third-order valence-corrected chi connectivity index (χ3v) is 4.07. The molecule has 0 spiro atoms. The van der Waals surface area contributed by atoms with E-state index in [-0.39, 0.29) is 0 Å². The van der Waals surface area contributed by atoms with Gasteiger partial charge in [-0.3, -0.25) is 4.67 Å². The fourth-order valence-corrected chi connectivity index (χ4v) is 3.41. The molecule has 0 aromatic heterocycles. The molecule has 0 amide bonds. The van der Waals surface area contributed by atoms with Crippen molar-refractivity contribution in [2.75, 3.05) is 24.3 Å². The summed E-state index contributed by atoms with van der Waals surface area (Å²) >= 11 is 2.08. The number of nitrogens with zero attached hydrogens (tertiary/aromatic N) is 1. The van der Waals surface area contributed by atoms with Gasteiger partial charge in [0.2, 0.25) is 0 Å². The third kappa shape index (κ3) is 1.93. The number of hydrogen-bond donors (Lipinski definition) is 0. The molecule has 1 aliphatic heterocycles. The molecule has 1 heterocycles. The molecule has 1 rings (SSSR count). The van der Waals surface area contributed by atoms with E-state index in [1.807, 2.05) is 0 Å². The summed E-state index contributed by atoms with van der Waals surface area (Å²) in [7, 11) is 1.09. The van der Waals surface area contributed by atoms with Crippen molar-refractivity contribution in [3.63, 3.8) is 0 Å². The van der Waals surface area contributed by atoms with E-state index in [9.17, 15) is 0 Å². The first kappa shape index (κ1) is 6.85. The van der Waals surface area contributed by atoms with Gasteiger partial charge in [0.15, 0.2) is 0 Å². The van der Waals surface area contributed by atoms with E-state index in [0.717, 1.165) is 8.73 Å². The zero-order valence-electron chi connectivity index (χ0n) is 5.18. The van der Waals surface area contributed by atoms with Crippen molar-refractivity contribution in [3.8, 4) is 0 Å². The molecule has 1 aliphatic rings. The zero-order chi connectivity index (χ0) is 5.82. The topological polar surface area (TPSA) is 3.24 Å². The predicted molar refractivity (Wildman–Crippen MR) is 42.9 cm³/mol. The average Bonchev–Trinajstić information content (AvgIpc) is 1.90. The summed E-state index contributed by atoms with van der Waals surface area (Å²) in [4.78, 5) is 0. The fraction of sp³-hybridized carbons (Fsp3) is 1.00. The van der Waals surface area contributed by atoms with Crippen LogP contribution in [0.4, 0.5) is 0 Å². The van der Waals surface area contributed by atoms with Crippen LogP contribution in [0.25, 0.3) is 0 Å². The standard InChI is InChI=1S/C5H12NPS/c1-2-6-3-4-8-5-7-6/h7H,2-5H2,1H3. The first-order valence-corrected chi connectivity index (χ1v) is 5.30. The molecular formula is C5H12NPS. The second-order valence-electron chi connectivity index (χ2n) is 1.79. The lowest BCUT2D eigenvalue weighted by Crippen LogP contribution is -2.20. The molecule has 1 nitrogen and oxygen atoms in total. The fourth-order valence-electron chi connectivity index (χ4n) is 0.733. The second kappa shape index (κ2) is 3.71. The van der Waals surface area contributed by atoms with E-state index in [1.165, 1.54) is 24.3 Å². The summed E-state index contributed by atoms with van der Waals surface area (Å²) in [6, 6.07) is 0. The largest absolute Gasteiger partial charge is 0.283 e. The maximum absolute atomic E-state index is 2.52. The molecule has 0 aromatic rings.